The van der Waals surface area contributed by atoms with Crippen LogP contribution in [0.2, 0.25) is 0 Å². The van der Waals surface area contributed by atoms with Gasteiger partial charge < -0.3 is 29.5 Å². The van der Waals surface area contributed by atoms with Crippen molar-refractivity contribution in [2.24, 2.45) is 16.7 Å². The van der Waals surface area contributed by atoms with E-state index in [0.717, 1.165) is 65.1 Å². The molecule has 0 aromatic rings. The van der Waals surface area contributed by atoms with Gasteiger partial charge in [-0.25, -0.2) is 4.79 Å². The Balaban J connectivity index is 2.16. The number of hydrogen-bond donors (Lipinski definition) is 1. The van der Waals surface area contributed by atoms with Gasteiger partial charge in [-0.05, 0) is 65.8 Å². The molecule has 2 unspecified atom stereocenters. The number of carbonyl (C=O) groups is 2. The van der Waals surface area contributed by atoms with Crippen molar-refractivity contribution in [1.82, 2.24) is 24.9 Å². The molecule has 1 fully saturated rings. The van der Waals surface area contributed by atoms with Crippen LogP contribution in [0, 0.1) is 16.7 Å². The van der Waals surface area contributed by atoms with Gasteiger partial charge in [0.15, 0.2) is 0 Å². The van der Waals surface area contributed by atoms with E-state index in [1.54, 1.807) is 0 Å². The molecule has 1 rings (SSSR count). The summed E-state index contributed by atoms with van der Waals surface area (Å²) in [4.78, 5) is 33.8. The molecule has 0 heterocycles. The van der Waals surface area contributed by atoms with Crippen LogP contribution < -0.4 is 5.32 Å². The second kappa shape index (κ2) is 15.7. The largest absolute Gasteiger partial charge is 0.463 e. The van der Waals surface area contributed by atoms with Gasteiger partial charge in [0.05, 0.1) is 18.6 Å². The van der Waals surface area contributed by atoms with Crippen molar-refractivity contribution in [1.29, 1.82) is 0 Å². The molecule has 2 atom stereocenters. The minimum Gasteiger partial charge on any atom is -0.463 e. The summed E-state index contributed by atoms with van der Waals surface area (Å²) in [6, 6.07) is 0. The predicted molar refractivity (Wildman–Crippen MR) is 146 cm³/mol. The van der Waals surface area contributed by atoms with Gasteiger partial charge in [-0.3, -0.25) is 9.69 Å². The maximum Gasteiger partial charge on any atom is 0.407 e. The number of esters is 1. The zero-order valence-electron chi connectivity index (χ0n) is 24.7. The van der Waals surface area contributed by atoms with E-state index in [1.165, 1.54) is 0 Å². The number of rotatable bonds is 18. The van der Waals surface area contributed by atoms with Crippen molar-refractivity contribution in [3.05, 3.63) is 0 Å². The van der Waals surface area contributed by atoms with E-state index in [-0.39, 0.29) is 30.0 Å². The van der Waals surface area contributed by atoms with Crippen molar-refractivity contribution in [3.63, 3.8) is 0 Å². The van der Waals surface area contributed by atoms with E-state index in [4.69, 9.17) is 9.47 Å². The number of nitrogens with zero attached hydrogens (tertiary/aromatic N) is 4. The second-order valence-electron chi connectivity index (χ2n) is 12.3. The lowest BCUT2D eigenvalue weighted by Crippen LogP contribution is -2.40. The summed E-state index contributed by atoms with van der Waals surface area (Å²) < 4.78 is 10.8. The molecule has 1 aliphatic carbocycles. The van der Waals surface area contributed by atoms with Crippen molar-refractivity contribution < 1.29 is 19.1 Å². The van der Waals surface area contributed by atoms with Crippen LogP contribution in [-0.2, 0) is 14.3 Å². The molecule has 0 saturated heterocycles. The van der Waals surface area contributed by atoms with Gasteiger partial charge in [0.1, 0.15) is 6.61 Å². The van der Waals surface area contributed by atoms with Crippen LogP contribution in [0.15, 0.2) is 0 Å². The summed E-state index contributed by atoms with van der Waals surface area (Å²) in [5, 5.41) is 2.68. The molecule has 1 amide bonds. The van der Waals surface area contributed by atoms with Gasteiger partial charge in [0.2, 0.25) is 0 Å². The smallest absolute Gasteiger partial charge is 0.407 e. The van der Waals surface area contributed by atoms with Gasteiger partial charge in [-0.1, -0.05) is 27.7 Å². The summed E-state index contributed by atoms with van der Waals surface area (Å²) >= 11 is 0. The fraction of sp³-hybridized carbons (Fsp3) is 0.926. The first-order valence-corrected chi connectivity index (χ1v) is 13.5. The molecule has 0 aliphatic heterocycles. The van der Waals surface area contributed by atoms with Crippen LogP contribution >= 0.6 is 0 Å². The zero-order chi connectivity index (χ0) is 27.4. The van der Waals surface area contributed by atoms with Gasteiger partial charge in [-0.2, -0.15) is 0 Å². The standard InChI is InChI=1S/C27H55N5O4/c1-23-21-27(23,22-26(2,3)4)24(33)35-20-11-28-25(34)36-19-10-12-31(9)15-18-32(16-13-29(5)6)17-14-30(7)8/h23H,10-22H2,1-9H3,(H,28,34). The van der Waals surface area contributed by atoms with Crippen LogP contribution in [0.25, 0.3) is 0 Å². The highest BCUT2D eigenvalue weighted by molar-refractivity contribution is 5.80. The Morgan fingerprint density at radius 3 is 1.92 bits per heavy atom. The van der Waals surface area contributed by atoms with Crippen molar-refractivity contribution >= 4 is 12.1 Å². The average Bonchev–Trinajstić information content (AvgIpc) is 3.41. The molecule has 0 aromatic carbocycles. The molecule has 9 nitrogen and oxygen atoms in total. The summed E-state index contributed by atoms with van der Waals surface area (Å²) in [6.45, 7) is 16.4. The highest BCUT2D eigenvalue weighted by Crippen LogP contribution is 2.59. The molecule has 0 aromatic heterocycles. The van der Waals surface area contributed by atoms with Gasteiger partial charge in [0.25, 0.3) is 0 Å². The summed E-state index contributed by atoms with van der Waals surface area (Å²) in [5.41, 5.74) is -0.266. The van der Waals surface area contributed by atoms with Crippen LogP contribution in [0.3, 0.4) is 0 Å². The monoisotopic (exact) mass is 513 g/mol. The second-order valence-corrected chi connectivity index (χ2v) is 12.3. The molecule has 1 N–H and O–H groups in total. The molecule has 0 radical (unpaired) electrons. The lowest BCUT2D eigenvalue weighted by atomic mass is 9.81. The van der Waals surface area contributed by atoms with E-state index in [9.17, 15) is 9.59 Å². The number of hydrogen-bond acceptors (Lipinski definition) is 8. The number of amides is 1. The van der Waals surface area contributed by atoms with E-state index in [0.29, 0.717) is 12.5 Å². The van der Waals surface area contributed by atoms with E-state index in [1.807, 2.05) is 0 Å². The third-order valence-electron chi connectivity index (χ3n) is 6.75. The average molecular weight is 514 g/mol. The fourth-order valence-electron chi connectivity index (χ4n) is 4.47. The van der Waals surface area contributed by atoms with Gasteiger partial charge in [0, 0.05) is 45.8 Å². The molecule has 9 heteroatoms. The van der Waals surface area contributed by atoms with Crippen LogP contribution in [-0.4, -0.2) is 132 Å². The molecule has 212 valence electrons. The van der Waals surface area contributed by atoms with Crippen LogP contribution in [0.4, 0.5) is 4.79 Å². The number of nitrogens with one attached hydrogen (secondary N) is 1. The lowest BCUT2D eigenvalue weighted by molar-refractivity contribution is -0.152. The highest BCUT2D eigenvalue weighted by Gasteiger charge is 2.59. The number of ether oxygens (including phenoxy) is 2. The highest BCUT2D eigenvalue weighted by atomic mass is 16.6. The number of carbonyl (C=O) groups excluding carboxylic acids is 2. The minimum atomic E-state index is -0.462. The molecule has 0 spiro atoms. The molecular formula is C27H55N5O4. The number of alkyl carbamates (subject to hydrolysis) is 1. The van der Waals surface area contributed by atoms with Crippen LogP contribution in [0.1, 0.15) is 47.0 Å². The summed E-state index contributed by atoms with van der Waals surface area (Å²) in [7, 11) is 10.5. The quantitative estimate of drug-likeness (QED) is 0.221. The Kier molecular flexibility index (Phi) is 14.3. The topological polar surface area (TPSA) is 77.6 Å². The Morgan fingerprint density at radius 2 is 1.42 bits per heavy atom. The Morgan fingerprint density at radius 1 is 0.861 bits per heavy atom. The Bertz CT molecular complexity index is 641. The SMILES string of the molecule is CC1CC1(CC(C)(C)C)C(=O)OCCNC(=O)OCCCN(C)CCN(CCN(C)C)CCN(C)C. The van der Waals surface area contributed by atoms with Gasteiger partial charge >= 0.3 is 12.1 Å². The molecule has 0 bridgehead atoms. The Labute approximate surface area is 220 Å². The third kappa shape index (κ3) is 13.8. The first-order valence-electron chi connectivity index (χ1n) is 13.5. The molecular weight excluding hydrogens is 458 g/mol. The Hall–Kier alpha value is -1.42. The van der Waals surface area contributed by atoms with Crippen molar-refractivity contribution in [3.8, 4) is 0 Å². The lowest BCUT2D eigenvalue weighted by Gasteiger charge is -2.27. The maximum absolute atomic E-state index is 12.6. The van der Waals surface area contributed by atoms with Crippen molar-refractivity contribution in [2.75, 3.05) is 101 Å². The normalized spacial score (nSPS) is 19.9. The third-order valence-corrected chi connectivity index (χ3v) is 6.75. The van der Waals surface area contributed by atoms with E-state index >= 15 is 0 Å². The molecule has 1 aliphatic rings. The van der Waals surface area contributed by atoms with Gasteiger partial charge in [-0.15, -0.1) is 0 Å². The minimum absolute atomic E-state index is 0.0808. The van der Waals surface area contributed by atoms with E-state index in [2.05, 4.69) is 87.8 Å². The zero-order valence-corrected chi connectivity index (χ0v) is 24.7. The maximum atomic E-state index is 12.6. The first-order chi connectivity index (χ1) is 16.7. The number of likely N-dealkylation sites (N-methyl/N-ethyl adjacent to an activating group) is 3. The summed E-state index contributed by atoms with van der Waals surface area (Å²) in [6.07, 6.45) is 2.03. The van der Waals surface area contributed by atoms with Crippen molar-refractivity contribution in [2.45, 2.75) is 47.0 Å². The first kappa shape index (κ1) is 32.6. The molecule has 36 heavy (non-hydrogen) atoms. The summed E-state index contributed by atoms with van der Waals surface area (Å²) in [5.74, 6) is 0.226. The van der Waals surface area contributed by atoms with Crippen LogP contribution in [0.5, 0.6) is 0 Å². The fourth-order valence-corrected chi connectivity index (χ4v) is 4.47. The predicted octanol–water partition coefficient (Wildman–Crippen LogP) is 2.47. The van der Waals surface area contributed by atoms with E-state index < -0.39 is 6.09 Å². The molecule has 1 saturated carbocycles.